The smallest absolute Gasteiger partial charge is 0.337 e. The number of allylic oxidation sites excluding steroid dienone is 2. The van der Waals surface area contributed by atoms with Crippen molar-refractivity contribution in [2.45, 2.75) is 12.8 Å². The van der Waals surface area contributed by atoms with Gasteiger partial charge in [0.15, 0.2) is 0 Å². The molecule has 1 amide bonds. The van der Waals surface area contributed by atoms with E-state index in [1.807, 2.05) is 60.7 Å². The fourth-order valence-corrected chi connectivity index (χ4v) is 5.35. The Morgan fingerprint density at radius 1 is 1.05 bits per heavy atom. The Morgan fingerprint density at radius 3 is 2.18 bits per heavy atom. The number of para-hydroxylation sites is 2. The molecule has 0 saturated carbocycles. The Kier molecular flexibility index (Phi) is 9.27. The summed E-state index contributed by atoms with van der Waals surface area (Å²) in [5, 5.41) is 14.5. The van der Waals surface area contributed by atoms with E-state index in [0.717, 1.165) is 11.4 Å². The average molecular weight is 556 g/mol. The summed E-state index contributed by atoms with van der Waals surface area (Å²) in [4.78, 5) is 28.3. The predicted octanol–water partition coefficient (Wildman–Crippen LogP) is 6.86. The summed E-state index contributed by atoms with van der Waals surface area (Å²) < 4.78 is 5.35. The van der Waals surface area contributed by atoms with E-state index >= 15 is 0 Å². The van der Waals surface area contributed by atoms with Crippen LogP contribution in [-0.4, -0.2) is 24.2 Å². The first-order valence-electron chi connectivity index (χ1n) is 12.2. The van der Waals surface area contributed by atoms with Gasteiger partial charge in [0.1, 0.15) is 6.61 Å². The number of hydrogen-bond acceptors (Lipinski definition) is 6. The number of thioether (sulfide) groups is 1. The second-order valence-corrected chi connectivity index (χ2v) is 10.0. The number of rotatable bonds is 9. The van der Waals surface area contributed by atoms with E-state index < -0.39 is 11.9 Å². The molecule has 8 heteroatoms. The second kappa shape index (κ2) is 13.0. The van der Waals surface area contributed by atoms with Crippen LogP contribution in [-0.2, 0) is 14.3 Å². The monoisotopic (exact) mass is 555 g/mol. The van der Waals surface area contributed by atoms with Crippen LogP contribution in [0.25, 0.3) is 0 Å². The standard InChI is InChI=1S/C31H26ClN3O3S/c1-3-18-38-31(37)28-21(2)34-30(26(19-33)29(28)22-14-16-23(32)17-15-22)39-20-27(36)35(24-10-6-4-7-11-24)25-12-8-5-9-13-25/h3-17,29,34H,1,18,20H2,2H3/t29-/m0/s1. The molecular weight excluding hydrogens is 530 g/mol. The van der Waals surface area contributed by atoms with Crippen molar-refractivity contribution in [1.29, 1.82) is 5.26 Å². The molecule has 4 rings (SSSR count). The summed E-state index contributed by atoms with van der Waals surface area (Å²) in [7, 11) is 0. The molecular formula is C31H26ClN3O3S. The summed E-state index contributed by atoms with van der Waals surface area (Å²) in [6.07, 6.45) is 1.49. The van der Waals surface area contributed by atoms with Gasteiger partial charge in [-0.2, -0.15) is 5.26 Å². The highest BCUT2D eigenvalue weighted by molar-refractivity contribution is 8.03. The molecule has 6 nitrogen and oxygen atoms in total. The third-order valence-electron chi connectivity index (χ3n) is 6.02. The van der Waals surface area contributed by atoms with Gasteiger partial charge in [0.05, 0.1) is 33.9 Å². The zero-order valence-corrected chi connectivity index (χ0v) is 22.8. The van der Waals surface area contributed by atoms with Gasteiger partial charge in [0.2, 0.25) is 5.91 Å². The first-order chi connectivity index (χ1) is 18.9. The van der Waals surface area contributed by atoms with E-state index in [1.54, 1.807) is 36.1 Å². The van der Waals surface area contributed by atoms with E-state index in [0.29, 0.717) is 32.5 Å². The fourth-order valence-electron chi connectivity index (χ4n) is 4.29. The molecule has 1 atom stereocenters. The highest BCUT2D eigenvalue weighted by Gasteiger charge is 2.36. The number of nitrogens with one attached hydrogen (secondary N) is 1. The molecule has 0 radical (unpaired) electrons. The lowest BCUT2D eigenvalue weighted by Crippen LogP contribution is -2.31. The number of amides is 1. The van der Waals surface area contributed by atoms with E-state index in [9.17, 15) is 14.9 Å². The van der Waals surface area contributed by atoms with Crippen molar-refractivity contribution in [2.24, 2.45) is 0 Å². The van der Waals surface area contributed by atoms with Crippen LogP contribution in [0.4, 0.5) is 11.4 Å². The molecule has 3 aromatic rings. The van der Waals surface area contributed by atoms with Crippen molar-refractivity contribution in [3.8, 4) is 6.07 Å². The van der Waals surface area contributed by atoms with Crippen molar-refractivity contribution >= 4 is 46.6 Å². The van der Waals surface area contributed by atoms with Crippen LogP contribution in [0.15, 0.2) is 119 Å². The topological polar surface area (TPSA) is 82.4 Å². The third-order valence-corrected chi connectivity index (χ3v) is 7.28. The molecule has 1 heterocycles. The second-order valence-electron chi connectivity index (χ2n) is 8.58. The van der Waals surface area contributed by atoms with Gasteiger partial charge in [-0.1, -0.05) is 84.5 Å². The van der Waals surface area contributed by atoms with Gasteiger partial charge in [0.25, 0.3) is 0 Å². The van der Waals surface area contributed by atoms with Gasteiger partial charge in [-0.15, -0.1) is 0 Å². The fraction of sp³-hybridized carbons (Fsp3) is 0.129. The zero-order chi connectivity index (χ0) is 27.8. The van der Waals surface area contributed by atoms with Crippen LogP contribution in [0, 0.1) is 11.3 Å². The number of esters is 1. The number of nitrogens with zero attached hydrogens (tertiary/aromatic N) is 2. The molecule has 1 aliphatic rings. The number of ether oxygens (including phenoxy) is 1. The van der Waals surface area contributed by atoms with Gasteiger partial charge in [-0.3, -0.25) is 9.69 Å². The van der Waals surface area contributed by atoms with Crippen LogP contribution in [0.1, 0.15) is 18.4 Å². The van der Waals surface area contributed by atoms with E-state index in [-0.39, 0.29) is 18.3 Å². The molecule has 0 aromatic heterocycles. The first-order valence-corrected chi connectivity index (χ1v) is 13.5. The van der Waals surface area contributed by atoms with Crippen molar-refractivity contribution in [1.82, 2.24) is 5.32 Å². The maximum absolute atomic E-state index is 13.6. The molecule has 0 spiro atoms. The summed E-state index contributed by atoms with van der Waals surface area (Å²) in [6, 6.07) is 28.1. The van der Waals surface area contributed by atoms with Gasteiger partial charge < -0.3 is 10.1 Å². The first kappa shape index (κ1) is 27.8. The highest BCUT2D eigenvalue weighted by atomic mass is 35.5. The van der Waals surface area contributed by atoms with E-state index in [1.165, 1.54) is 17.8 Å². The molecule has 196 valence electrons. The van der Waals surface area contributed by atoms with Crippen molar-refractivity contribution in [3.05, 3.63) is 130 Å². The number of halogens is 1. The minimum atomic E-state index is -0.692. The minimum absolute atomic E-state index is 0.0411. The predicted molar refractivity (Wildman–Crippen MR) is 156 cm³/mol. The van der Waals surface area contributed by atoms with Crippen LogP contribution in [0.5, 0.6) is 0 Å². The summed E-state index contributed by atoms with van der Waals surface area (Å²) >= 11 is 7.33. The summed E-state index contributed by atoms with van der Waals surface area (Å²) in [5.74, 6) is -1.35. The van der Waals surface area contributed by atoms with Crippen molar-refractivity contribution < 1.29 is 14.3 Å². The molecule has 0 fully saturated rings. The average Bonchev–Trinajstić information content (AvgIpc) is 2.96. The molecule has 1 N–H and O–H groups in total. The van der Waals surface area contributed by atoms with E-state index in [2.05, 4.69) is 18.0 Å². The zero-order valence-electron chi connectivity index (χ0n) is 21.3. The van der Waals surface area contributed by atoms with Crippen LogP contribution < -0.4 is 10.2 Å². The molecule has 0 bridgehead atoms. The van der Waals surface area contributed by atoms with Gasteiger partial charge in [-0.05, 0) is 48.9 Å². The normalized spacial score (nSPS) is 14.7. The van der Waals surface area contributed by atoms with Crippen LogP contribution in [0.3, 0.4) is 0 Å². The minimum Gasteiger partial charge on any atom is -0.458 e. The Morgan fingerprint density at radius 2 is 1.64 bits per heavy atom. The Balaban J connectivity index is 1.68. The Hall–Kier alpha value is -4.25. The number of carbonyl (C=O) groups is 2. The molecule has 0 saturated heterocycles. The Labute approximate surface area is 237 Å². The Bertz CT molecular complexity index is 1420. The number of nitriles is 1. The lowest BCUT2D eigenvalue weighted by atomic mass is 9.82. The summed E-state index contributed by atoms with van der Waals surface area (Å²) in [5.41, 5.74) is 3.37. The van der Waals surface area contributed by atoms with Gasteiger partial charge in [-0.25, -0.2) is 4.79 Å². The molecule has 0 unspecified atom stereocenters. The summed E-state index contributed by atoms with van der Waals surface area (Å²) in [6.45, 7) is 5.40. The SMILES string of the molecule is C=CCOC(=O)C1=C(C)NC(SCC(=O)N(c2ccccc2)c2ccccc2)=C(C#N)[C@@H]1c1ccc(Cl)cc1. The van der Waals surface area contributed by atoms with E-state index in [4.69, 9.17) is 16.3 Å². The van der Waals surface area contributed by atoms with Crippen LogP contribution in [0.2, 0.25) is 5.02 Å². The number of benzene rings is 3. The van der Waals surface area contributed by atoms with Crippen molar-refractivity contribution in [2.75, 3.05) is 17.3 Å². The maximum atomic E-state index is 13.6. The van der Waals surface area contributed by atoms with Gasteiger partial charge >= 0.3 is 5.97 Å². The third kappa shape index (κ3) is 6.43. The lowest BCUT2D eigenvalue weighted by Gasteiger charge is -2.30. The quantitative estimate of drug-likeness (QED) is 0.229. The van der Waals surface area contributed by atoms with Gasteiger partial charge in [0, 0.05) is 22.1 Å². The maximum Gasteiger partial charge on any atom is 0.337 e. The number of anilines is 2. The van der Waals surface area contributed by atoms with Crippen LogP contribution >= 0.6 is 23.4 Å². The number of hydrogen-bond donors (Lipinski definition) is 1. The lowest BCUT2D eigenvalue weighted by molar-refractivity contribution is -0.138. The molecule has 0 aliphatic carbocycles. The number of dihydropyridines is 1. The van der Waals surface area contributed by atoms with Crippen molar-refractivity contribution in [3.63, 3.8) is 0 Å². The molecule has 1 aliphatic heterocycles. The largest absolute Gasteiger partial charge is 0.458 e. The highest BCUT2D eigenvalue weighted by Crippen LogP contribution is 2.41. The molecule has 3 aromatic carbocycles. The molecule has 39 heavy (non-hydrogen) atoms. The number of carbonyl (C=O) groups excluding carboxylic acids is 2.